The summed E-state index contributed by atoms with van der Waals surface area (Å²) in [5.74, 6) is 2.22. The molecule has 0 bridgehead atoms. The Morgan fingerprint density at radius 1 is 0.953 bits per heavy atom. The number of aliphatic hydroxyl groups is 1. The van der Waals surface area contributed by atoms with Crippen molar-refractivity contribution in [3.8, 4) is 17.2 Å². The Hall–Kier alpha value is -2.78. The second kappa shape index (κ2) is 13.9. The molecule has 0 amide bonds. The molecule has 3 aromatic rings. The van der Waals surface area contributed by atoms with Crippen LogP contribution in [0, 0.1) is 0 Å². The smallest absolute Gasteiger partial charge is 0.519 e. The lowest BCUT2D eigenvalue weighted by atomic mass is 10.1. The van der Waals surface area contributed by atoms with E-state index in [4.69, 9.17) is 18.3 Å². The number of para-hydroxylation sites is 1. The van der Waals surface area contributed by atoms with Crippen LogP contribution in [0.1, 0.15) is 58.2 Å². The lowest BCUT2D eigenvalue weighted by Gasteiger charge is -2.50. The molecule has 3 N–H and O–H groups in total. The van der Waals surface area contributed by atoms with E-state index in [0.717, 1.165) is 16.9 Å². The van der Waals surface area contributed by atoms with Gasteiger partial charge in [0.05, 0.1) is 6.61 Å². The number of hydrogen-bond donors (Lipinski definition) is 3. The quantitative estimate of drug-likeness (QED) is 0.125. The van der Waals surface area contributed by atoms with Gasteiger partial charge < -0.3 is 28.7 Å². The molecule has 1 aliphatic rings. The monoisotopic (exact) mass is 626 g/mol. The van der Waals surface area contributed by atoms with Gasteiger partial charge in [0, 0.05) is 27.7 Å². The van der Waals surface area contributed by atoms with Crippen molar-refractivity contribution < 1.29 is 32.9 Å². The molecule has 0 saturated heterocycles. The lowest BCUT2D eigenvalue weighted by molar-refractivity contribution is 0.106. The first-order valence-electron chi connectivity index (χ1n) is 14.7. The van der Waals surface area contributed by atoms with Gasteiger partial charge in [0.15, 0.2) is 0 Å². The fourth-order valence-electron chi connectivity index (χ4n) is 5.61. The number of aliphatic hydroxyl groups excluding tert-OH is 1. The molecule has 2 atom stereocenters. The third kappa shape index (κ3) is 8.23. The van der Waals surface area contributed by atoms with E-state index in [1.54, 1.807) is 6.07 Å². The molecule has 0 saturated carbocycles. The van der Waals surface area contributed by atoms with E-state index in [-0.39, 0.29) is 23.3 Å². The summed E-state index contributed by atoms with van der Waals surface area (Å²) in [5, 5.41) is 13.9. The van der Waals surface area contributed by atoms with Gasteiger partial charge in [-0.05, 0) is 65.6 Å². The van der Waals surface area contributed by atoms with Crippen LogP contribution < -0.4 is 24.5 Å². The summed E-state index contributed by atoms with van der Waals surface area (Å²) in [6.45, 7) is 15.0. The largest absolute Gasteiger partial charge is 0.546 e. The Bertz CT molecular complexity index is 1370. The highest BCUT2D eigenvalue weighted by molar-refractivity contribution is 7.47. The second-order valence-corrected chi connectivity index (χ2v) is 18.8. The average Bonchev–Trinajstić information content (AvgIpc) is 2.96. The molecular weight excluding hydrogens is 581 g/mol. The molecule has 1 unspecified atom stereocenters. The fourth-order valence-corrected chi connectivity index (χ4v) is 10.8. The summed E-state index contributed by atoms with van der Waals surface area (Å²) in [5.41, 5.74) is 2.64. The van der Waals surface area contributed by atoms with Crippen molar-refractivity contribution in [2.75, 3.05) is 19.7 Å². The van der Waals surface area contributed by atoms with Gasteiger partial charge >= 0.3 is 16.6 Å². The first-order chi connectivity index (χ1) is 20.3. The van der Waals surface area contributed by atoms with Gasteiger partial charge in [-0.25, -0.2) is 0 Å². The Kier molecular flexibility index (Phi) is 10.7. The van der Waals surface area contributed by atoms with Gasteiger partial charge in [0.25, 0.3) is 0 Å². The van der Waals surface area contributed by atoms with Crippen molar-refractivity contribution in [1.82, 2.24) is 5.32 Å². The maximum absolute atomic E-state index is 11.8. The van der Waals surface area contributed by atoms with Crippen LogP contribution in [0.5, 0.6) is 17.2 Å². The third-order valence-electron chi connectivity index (χ3n) is 7.59. The summed E-state index contributed by atoms with van der Waals surface area (Å²) >= 11 is 0. The van der Waals surface area contributed by atoms with Gasteiger partial charge in [-0.3, -0.25) is 0 Å². The predicted octanol–water partition coefficient (Wildman–Crippen LogP) is 6.15. The maximum atomic E-state index is 11.8. The topological polar surface area (TPSA) is 106 Å². The number of ether oxygens (including phenoxy) is 2. The molecule has 3 aromatic carbocycles. The van der Waals surface area contributed by atoms with Gasteiger partial charge in [0.1, 0.15) is 36.6 Å². The van der Waals surface area contributed by atoms with E-state index >= 15 is 0 Å². The zero-order chi connectivity index (χ0) is 31.3. The Morgan fingerprint density at radius 2 is 1.67 bits per heavy atom. The summed E-state index contributed by atoms with van der Waals surface area (Å²) in [7, 11) is -5.06. The van der Waals surface area contributed by atoms with Crippen LogP contribution >= 0.6 is 8.03 Å². The highest BCUT2D eigenvalue weighted by atomic mass is 31.1. The molecule has 0 fully saturated rings. The number of hydrogen-bond acceptors (Lipinski definition) is 7. The van der Waals surface area contributed by atoms with E-state index in [9.17, 15) is 14.6 Å². The third-order valence-corrected chi connectivity index (χ3v) is 13.4. The molecule has 1 aliphatic heterocycles. The molecule has 0 radical (unpaired) electrons. The van der Waals surface area contributed by atoms with Crippen LogP contribution in [0.3, 0.4) is 0 Å². The minimum absolute atomic E-state index is 0.0993. The van der Waals surface area contributed by atoms with Crippen molar-refractivity contribution in [3.63, 3.8) is 0 Å². The molecule has 0 aromatic heterocycles. The van der Waals surface area contributed by atoms with Crippen molar-refractivity contribution in [2.24, 2.45) is 0 Å². The predicted molar refractivity (Wildman–Crippen MR) is 172 cm³/mol. The highest BCUT2D eigenvalue weighted by Gasteiger charge is 2.61. The number of fused-ring (bicyclic) bond motifs is 1. The minimum atomic E-state index is -2.58. The highest BCUT2D eigenvalue weighted by Crippen LogP contribution is 2.54. The molecule has 0 aliphatic carbocycles. The molecule has 10 heteroatoms. The molecule has 0 spiro atoms. The van der Waals surface area contributed by atoms with Crippen LogP contribution in [0.25, 0.3) is 0 Å². The first-order valence-corrected chi connectivity index (χ1v) is 17.8. The molecule has 4 rings (SSSR count). The van der Waals surface area contributed by atoms with Crippen molar-refractivity contribution in [3.05, 3.63) is 83.4 Å². The molecule has 1 heterocycles. The van der Waals surface area contributed by atoms with Crippen molar-refractivity contribution in [2.45, 2.75) is 77.4 Å². The summed E-state index contributed by atoms with van der Waals surface area (Å²) in [4.78, 5) is 9.73. The van der Waals surface area contributed by atoms with Gasteiger partial charge in [-0.1, -0.05) is 65.8 Å². The maximum Gasteiger partial charge on any atom is 0.546 e. The van der Waals surface area contributed by atoms with Crippen LogP contribution in [0.2, 0.25) is 10.1 Å². The van der Waals surface area contributed by atoms with E-state index in [1.807, 2.05) is 60.7 Å². The SMILES string of the molecule is CC(C)(C)[Si]1(C(C)(C)C)OCc2cc(OC[C@@H](O)CNCCc3ccc([P+](=O)O)c(COc4ccccc4)c3)ccc2O1. The molecule has 8 nitrogen and oxygen atoms in total. The van der Waals surface area contributed by atoms with E-state index < -0.39 is 22.7 Å². The first kappa shape index (κ1) is 33.1. The lowest BCUT2D eigenvalue weighted by Crippen LogP contribution is -2.61. The van der Waals surface area contributed by atoms with Gasteiger partial charge in [-0.2, -0.15) is 4.89 Å². The van der Waals surface area contributed by atoms with E-state index in [0.29, 0.717) is 48.5 Å². The number of rotatable bonds is 12. The Balaban J connectivity index is 1.25. The molecule has 43 heavy (non-hydrogen) atoms. The van der Waals surface area contributed by atoms with Crippen LogP contribution in [0.15, 0.2) is 66.7 Å². The summed E-state index contributed by atoms with van der Waals surface area (Å²) in [6, 6.07) is 20.6. The summed E-state index contributed by atoms with van der Waals surface area (Å²) < 4.78 is 36.7. The molecular formula is C33H45NO7PSi+. The minimum Gasteiger partial charge on any atom is -0.519 e. The fraction of sp³-hybridized carbons (Fsp3) is 0.455. The number of benzene rings is 3. The standard InChI is InChI=1S/C33H44NO7PSi/c1-32(2,3)43(33(4,5)6)40-22-25-19-29(13-14-30(25)41-43)39-23-27(35)20-34-17-16-24-12-15-31(42(36)37)26(18-24)21-38-28-10-8-7-9-11-28/h7-15,18-19,27,34-35H,16-17,20-23H2,1-6H3/p+1/t27-/m0/s1. The van der Waals surface area contributed by atoms with Gasteiger partial charge in [0.2, 0.25) is 5.30 Å². The Morgan fingerprint density at radius 3 is 2.35 bits per heavy atom. The normalized spacial score (nSPS) is 15.7. The zero-order valence-corrected chi connectivity index (χ0v) is 27.9. The zero-order valence-electron chi connectivity index (χ0n) is 26.1. The average molecular weight is 627 g/mol. The summed E-state index contributed by atoms with van der Waals surface area (Å²) in [6.07, 6.45) is -0.00586. The molecule has 232 valence electrons. The van der Waals surface area contributed by atoms with Gasteiger partial charge in [-0.15, -0.1) is 0 Å². The van der Waals surface area contributed by atoms with Crippen LogP contribution in [-0.4, -0.2) is 44.4 Å². The van der Waals surface area contributed by atoms with Crippen LogP contribution in [-0.2, 0) is 28.6 Å². The van der Waals surface area contributed by atoms with Crippen molar-refractivity contribution >= 4 is 21.9 Å². The Labute approximate surface area is 257 Å². The number of nitrogens with one attached hydrogen (secondary N) is 1. The van der Waals surface area contributed by atoms with Crippen molar-refractivity contribution in [1.29, 1.82) is 0 Å². The van der Waals surface area contributed by atoms with E-state index in [2.05, 4.69) is 46.9 Å². The second-order valence-electron chi connectivity index (χ2n) is 13.0. The van der Waals surface area contributed by atoms with E-state index in [1.165, 1.54) is 0 Å². The van der Waals surface area contributed by atoms with Crippen LogP contribution in [0.4, 0.5) is 0 Å².